The lowest BCUT2D eigenvalue weighted by Crippen LogP contribution is -2.36. The summed E-state index contributed by atoms with van der Waals surface area (Å²) in [6.07, 6.45) is 3.34. The highest BCUT2D eigenvalue weighted by molar-refractivity contribution is 8.00. The predicted octanol–water partition coefficient (Wildman–Crippen LogP) is 4.14. The number of thioether (sulfide) groups is 1. The molecular formula is C22H25N3O3S. The normalized spacial score (nSPS) is 22.5. The van der Waals surface area contributed by atoms with Gasteiger partial charge in [0.05, 0.1) is 12.1 Å². The molecule has 0 aromatic heterocycles. The van der Waals surface area contributed by atoms with Crippen molar-refractivity contribution in [3.05, 3.63) is 54.6 Å². The molecule has 0 aliphatic carbocycles. The Kier molecular flexibility index (Phi) is 6.24. The van der Waals surface area contributed by atoms with E-state index in [4.69, 9.17) is 4.74 Å². The van der Waals surface area contributed by atoms with E-state index in [1.165, 1.54) is 0 Å². The Hall–Kier alpha value is -2.67. The van der Waals surface area contributed by atoms with E-state index in [0.717, 1.165) is 42.2 Å². The second-order valence-corrected chi connectivity index (χ2v) is 8.63. The lowest BCUT2D eigenvalue weighted by molar-refractivity contribution is -0.116. The van der Waals surface area contributed by atoms with Crippen molar-refractivity contribution in [2.75, 3.05) is 11.1 Å². The van der Waals surface area contributed by atoms with Crippen molar-refractivity contribution in [2.45, 2.75) is 43.0 Å². The van der Waals surface area contributed by atoms with Crippen LogP contribution in [0, 0.1) is 0 Å². The van der Waals surface area contributed by atoms with Crippen molar-refractivity contribution in [3.8, 4) is 11.5 Å². The zero-order valence-electron chi connectivity index (χ0n) is 16.1. The van der Waals surface area contributed by atoms with Gasteiger partial charge in [-0.3, -0.25) is 4.79 Å². The van der Waals surface area contributed by atoms with Crippen molar-refractivity contribution >= 4 is 29.4 Å². The van der Waals surface area contributed by atoms with E-state index in [1.807, 2.05) is 66.4 Å². The summed E-state index contributed by atoms with van der Waals surface area (Å²) in [6.45, 7) is 0. The SMILES string of the molecule is O=C(CCCC[C@@H]1SC[C@@H]2NC(=O)N[C@@H]21)Nc1ccc(Oc2ccccc2)cc1. The molecule has 0 unspecified atom stereocenters. The van der Waals surface area contributed by atoms with Gasteiger partial charge in [0.1, 0.15) is 11.5 Å². The summed E-state index contributed by atoms with van der Waals surface area (Å²) in [7, 11) is 0. The average molecular weight is 412 g/mol. The summed E-state index contributed by atoms with van der Waals surface area (Å²) < 4.78 is 5.76. The molecule has 2 aliphatic rings. The van der Waals surface area contributed by atoms with Crippen LogP contribution in [0.4, 0.5) is 10.5 Å². The van der Waals surface area contributed by atoms with Crippen LogP contribution in [0.5, 0.6) is 11.5 Å². The molecule has 2 aromatic rings. The third-order valence-corrected chi connectivity index (χ3v) is 6.71. The number of anilines is 1. The molecule has 0 bridgehead atoms. The number of fused-ring (bicyclic) bond motifs is 1. The van der Waals surface area contributed by atoms with Gasteiger partial charge in [0.2, 0.25) is 5.91 Å². The Morgan fingerprint density at radius 2 is 1.79 bits per heavy atom. The molecule has 29 heavy (non-hydrogen) atoms. The van der Waals surface area contributed by atoms with Gasteiger partial charge in [0, 0.05) is 23.1 Å². The monoisotopic (exact) mass is 411 g/mol. The highest BCUT2D eigenvalue weighted by Crippen LogP contribution is 2.33. The number of rotatable bonds is 8. The first-order valence-corrected chi connectivity index (χ1v) is 11.0. The third-order valence-electron chi connectivity index (χ3n) is 5.20. The van der Waals surface area contributed by atoms with Gasteiger partial charge in [0.15, 0.2) is 0 Å². The van der Waals surface area contributed by atoms with Crippen LogP contribution in [-0.2, 0) is 4.79 Å². The molecule has 2 aliphatic heterocycles. The van der Waals surface area contributed by atoms with Crippen LogP contribution < -0.4 is 20.7 Å². The molecule has 0 radical (unpaired) electrons. The summed E-state index contributed by atoms with van der Waals surface area (Å²) in [6, 6.07) is 17.4. The van der Waals surface area contributed by atoms with E-state index in [-0.39, 0.29) is 24.0 Å². The maximum Gasteiger partial charge on any atom is 0.315 e. The maximum absolute atomic E-state index is 12.2. The number of para-hydroxylation sites is 1. The summed E-state index contributed by atoms with van der Waals surface area (Å²) in [4.78, 5) is 23.6. The van der Waals surface area contributed by atoms with Crippen LogP contribution in [-0.4, -0.2) is 35.0 Å². The number of amides is 3. The molecule has 0 saturated carbocycles. The van der Waals surface area contributed by atoms with Gasteiger partial charge in [-0.15, -0.1) is 0 Å². The van der Waals surface area contributed by atoms with Crippen molar-refractivity contribution in [3.63, 3.8) is 0 Å². The quantitative estimate of drug-likeness (QED) is 0.450. The number of unbranched alkanes of at least 4 members (excludes halogenated alkanes) is 1. The van der Waals surface area contributed by atoms with Gasteiger partial charge in [-0.1, -0.05) is 24.6 Å². The van der Waals surface area contributed by atoms with Crippen molar-refractivity contribution < 1.29 is 14.3 Å². The van der Waals surface area contributed by atoms with Crippen LogP contribution in [0.1, 0.15) is 25.7 Å². The Balaban J connectivity index is 1.16. The summed E-state index contributed by atoms with van der Waals surface area (Å²) in [5.74, 6) is 2.51. The first kappa shape index (κ1) is 19.6. The minimum Gasteiger partial charge on any atom is -0.457 e. The average Bonchev–Trinajstić information content (AvgIpc) is 3.27. The fourth-order valence-corrected chi connectivity index (χ4v) is 5.27. The molecule has 7 heteroatoms. The zero-order chi connectivity index (χ0) is 20.1. The molecular weight excluding hydrogens is 386 g/mol. The number of benzene rings is 2. The summed E-state index contributed by atoms with van der Waals surface area (Å²) in [5.41, 5.74) is 0.768. The van der Waals surface area contributed by atoms with Crippen LogP contribution in [0.3, 0.4) is 0 Å². The fourth-order valence-electron chi connectivity index (χ4n) is 3.73. The Morgan fingerprint density at radius 3 is 2.59 bits per heavy atom. The van der Waals surface area contributed by atoms with Gasteiger partial charge in [0.25, 0.3) is 0 Å². The standard InChI is InChI=1S/C22H25N3O3S/c26-20(9-5-4-8-19-21-18(14-29-19)24-22(27)25-21)23-15-10-12-17(13-11-15)28-16-6-2-1-3-7-16/h1-3,6-7,10-13,18-19,21H,4-5,8-9,14H2,(H,23,26)(H2,24,25,27)/t18-,19-,21-/m0/s1. The number of hydrogen-bond acceptors (Lipinski definition) is 4. The number of carbonyl (C=O) groups is 2. The lowest BCUT2D eigenvalue weighted by Gasteiger charge is -2.16. The Morgan fingerprint density at radius 1 is 1.03 bits per heavy atom. The van der Waals surface area contributed by atoms with Crippen LogP contribution in [0.15, 0.2) is 54.6 Å². The van der Waals surface area contributed by atoms with Crippen molar-refractivity contribution in [1.82, 2.24) is 10.6 Å². The number of urea groups is 1. The van der Waals surface area contributed by atoms with E-state index in [2.05, 4.69) is 16.0 Å². The molecule has 3 amide bonds. The molecule has 2 saturated heterocycles. The number of carbonyl (C=O) groups excluding carboxylic acids is 2. The van der Waals surface area contributed by atoms with Gasteiger partial charge in [-0.05, 0) is 49.2 Å². The molecule has 152 valence electrons. The van der Waals surface area contributed by atoms with Crippen molar-refractivity contribution in [1.29, 1.82) is 0 Å². The number of hydrogen-bond donors (Lipinski definition) is 3. The predicted molar refractivity (Wildman–Crippen MR) is 116 cm³/mol. The number of ether oxygens (including phenoxy) is 1. The molecule has 0 spiro atoms. The smallest absolute Gasteiger partial charge is 0.315 e. The van der Waals surface area contributed by atoms with E-state index in [9.17, 15) is 9.59 Å². The minimum atomic E-state index is -0.0511. The van der Waals surface area contributed by atoms with Gasteiger partial charge in [-0.2, -0.15) is 11.8 Å². The van der Waals surface area contributed by atoms with E-state index in [0.29, 0.717) is 11.7 Å². The molecule has 6 nitrogen and oxygen atoms in total. The Bertz CT molecular complexity index is 844. The molecule has 2 aromatic carbocycles. The summed E-state index contributed by atoms with van der Waals surface area (Å²) >= 11 is 1.91. The maximum atomic E-state index is 12.2. The van der Waals surface area contributed by atoms with Crippen molar-refractivity contribution in [2.24, 2.45) is 0 Å². The molecule has 4 rings (SSSR count). The number of nitrogens with one attached hydrogen (secondary N) is 3. The largest absolute Gasteiger partial charge is 0.457 e. The molecule has 3 atom stereocenters. The Labute approximate surface area is 174 Å². The van der Waals surface area contributed by atoms with Crippen LogP contribution >= 0.6 is 11.8 Å². The molecule has 3 N–H and O–H groups in total. The third kappa shape index (κ3) is 5.23. The second kappa shape index (κ2) is 9.22. The zero-order valence-corrected chi connectivity index (χ0v) is 16.9. The molecule has 2 fully saturated rings. The molecule has 2 heterocycles. The van der Waals surface area contributed by atoms with Gasteiger partial charge < -0.3 is 20.7 Å². The first-order chi connectivity index (χ1) is 14.2. The highest BCUT2D eigenvalue weighted by atomic mass is 32.2. The lowest BCUT2D eigenvalue weighted by atomic mass is 10.0. The van der Waals surface area contributed by atoms with Gasteiger partial charge >= 0.3 is 6.03 Å². The fraction of sp³-hybridized carbons (Fsp3) is 0.364. The van der Waals surface area contributed by atoms with E-state index >= 15 is 0 Å². The van der Waals surface area contributed by atoms with Crippen LogP contribution in [0.2, 0.25) is 0 Å². The second-order valence-electron chi connectivity index (χ2n) is 7.36. The highest BCUT2D eigenvalue weighted by Gasteiger charge is 2.42. The minimum absolute atomic E-state index is 0.0227. The first-order valence-electron chi connectivity index (χ1n) is 9.99. The van der Waals surface area contributed by atoms with E-state index < -0.39 is 0 Å². The van der Waals surface area contributed by atoms with Gasteiger partial charge in [-0.25, -0.2) is 4.79 Å². The summed E-state index contributed by atoms with van der Waals surface area (Å²) in [5, 5.41) is 9.34. The van der Waals surface area contributed by atoms with E-state index in [1.54, 1.807) is 0 Å². The topological polar surface area (TPSA) is 79.5 Å². The van der Waals surface area contributed by atoms with Crippen LogP contribution in [0.25, 0.3) is 0 Å².